The van der Waals surface area contributed by atoms with Crippen LogP contribution < -0.4 is 0 Å². The molecule has 0 bridgehead atoms. The molecule has 1 rings (SSSR count). The fourth-order valence-electron chi connectivity index (χ4n) is 1.04. The van der Waals surface area contributed by atoms with Gasteiger partial charge in [-0.25, -0.2) is 18.6 Å². The van der Waals surface area contributed by atoms with E-state index in [1.807, 2.05) is 0 Å². The van der Waals surface area contributed by atoms with Crippen LogP contribution in [0.4, 0.5) is 8.78 Å². The van der Waals surface area contributed by atoms with Crippen molar-refractivity contribution < 1.29 is 18.3 Å². The molecule has 0 unspecified atom stereocenters. The number of nitrogens with zero attached hydrogens (tertiary/aromatic N) is 1. The summed E-state index contributed by atoms with van der Waals surface area (Å²) in [6.07, 6.45) is -2.69. The molecular formula is C9H8F2INO2. The Balaban J connectivity index is 3.29. The van der Waals surface area contributed by atoms with E-state index < -0.39 is 12.4 Å². The van der Waals surface area contributed by atoms with Gasteiger partial charge in [-0.3, -0.25) is 0 Å². The molecule has 0 aliphatic heterocycles. The minimum Gasteiger partial charge on any atom is -0.464 e. The first-order chi connectivity index (χ1) is 6.97. The molecule has 82 valence electrons. The van der Waals surface area contributed by atoms with Gasteiger partial charge >= 0.3 is 5.97 Å². The van der Waals surface area contributed by atoms with Crippen molar-refractivity contribution in [1.82, 2.24) is 4.98 Å². The number of esters is 1. The number of aryl methyl sites for hydroxylation is 1. The largest absolute Gasteiger partial charge is 0.464 e. The highest BCUT2D eigenvalue weighted by atomic mass is 127. The van der Waals surface area contributed by atoms with Crippen LogP contribution in [0.5, 0.6) is 0 Å². The van der Waals surface area contributed by atoms with E-state index in [1.54, 1.807) is 29.5 Å². The highest BCUT2D eigenvalue weighted by Crippen LogP contribution is 2.25. The fourth-order valence-corrected chi connectivity index (χ4v) is 1.55. The second-order valence-corrected chi connectivity index (χ2v) is 3.89. The van der Waals surface area contributed by atoms with Gasteiger partial charge in [-0.05, 0) is 41.1 Å². The maximum atomic E-state index is 12.5. The number of hydrogen-bond donors (Lipinski definition) is 0. The standard InChI is InChI=1S/C9H8F2INO2/c1-4-3-5(9(14)15-2)13-7(6(4)12)8(10)11/h3,8H,1-2H3. The molecule has 0 radical (unpaired) electrons. The van der Waals surface area contributed by atoms with Crippen molar-refractivity contribution in [3.05, 3.63) is 26.6 Å². The van der Waals surface area contributed by atoms with Crippen LogP contribution in [0.1, 0.15) is 28.2 Å². The summed E-state index contributed by atoms with van der Waals surface area (Å²) < 4.78 is 29.9. The van der Waals surface area contributed by atoms with Crippen LogP contribution in [0, 0.1) is 10.5 Å². The number of hydrogen-bond acceptors (Lipinski definition) is 3. The minimum atomic E-state index is -2.69. The number of ether oxygens (including phenoxy) is 1. The molecule has 0 saturated heterocycles. The molecule has 6 heteroatoms. The SMILES string of the molecule is COC(=O)c1cc(C)c(I)c(C(F)F)n1. The lowest BCUT2D eigenvalue weighted by atomic mass is 10.2. The van der Waals surface area contributed by atoms with Crippen LogP contribution in [0.15, 0.2) is 6.07 Å². The predicted molar refractivity (Wildman–Crippen MR) is 58.0 cm³/mol. The second-order valence-electron chi connectivity index (χ2n) is 2.82. The van der Waals surface area contributed by atoms with Gasteiger partial charge in [0.05, 0.1) is 7.11 Å². The Morgan fingerprint density at radius 1 is 1.60 bits per heavy atom. The lowest BCUT2D eigenvalue weighted by Gasteiger charge is -2.07. The summed E-state index contributed by atoms with van der Waals surface area (Å²) in [6.45, 7) is 1.64. The highest BCUT2D eigenvalue weighted by Gasteiger charge is 2.19. The summed E-state index contributed by atoms with van der Waals surface area (Å²) in [7, 11) is 1.18. The third-order valence-corrected chi connectivity index (χ3v) is 3.17. The monoisotopic (exact) mass is 327 g/mol. The molecule has 3 nitrogen and oxygen atoms in total. The number of halogens is 3. The number of carbonyl (C=O) groups excluding carboxylic acids is 1. The smallest absolute Gasteiger partial charge is 0.356 e. The highest BCUT2D eigenvalue weighted by molar-refractivity contribution is 14.1. The topological polar surface area (TPSA) is 39.2 Å². The summed E-state index contributed by atoms with van der Waals surface area (Å²) in [6, 6.07) is 1.43. The zero-order valence-electron chi connectivity index (χ0n) is 8.05. The molecular weight excluding hydrogens is 319 g/mol. The van der Waals surface area contributed by atoms with Crippen molar-refractivity contribution >= 4 is 28.6 Å². The van der Waals surface area contributed by atoms with Gasteiger partial charge in [0.2, 0.25) is 0 Å². The number of pyridine rings is 1. The van der Waals surface area contributed by atoms with Gasteiger partial charge < -0.3 is 4.74 Å². The lowest BCUT2D eigenvalue weighted by Crippen LogP contribution is -2.09. The quantitative estimate of drug-likeness (QED) is 0.619. The Bertz CT molecular complexity index is 396. The third kappa shape index (κ3) is 2.61. The van der Waals surface area contributed by atoms with Crippen LogP contribution in [-0.2, 0) is 4.74 Å². The zero-order valence-corrected chi connectivity index (χ0v) is 10.2. The van der Waals surface area contributed by atoms with Crippen molar-refractivity contribution in [3.63, 3.8) is 0 Å². The van der Waals surface area contributed by atoms with Crippen LogP contribution >= 0.6 is 22.6 Å². The van der Waals surface area contributed by atoms with Crippen molar-refractivity contribution in [2.45, 2.75) is 13.3 Å². The van der Waals surface area contributed by atoms with E-state index in [0.717, 1.165) is 0 Å². The molecule has 0 spiro atoms. The van der Waals surface area contributed by atoms with E-state index in [1.165, 1.54) is 13.2 Å². The van der Waals surface area contributed by atoms with Gasteiger partial charge in [-0.15, -0.1) is 0 Å². The molecule has 0 amide bonds. The van der Waals surface area contributed by atoms with Crippen LogP contribution in [0.25, 0.3) is 0 Å². The molecule has 0 N–H and O–H groups in total. The molecule has 0 aliphatic carbocycles. The van der Waals surface area contributed by atoms with Crippen molar-refractivity contribution in [3.8, 4) is 0 Å². The summed E-state index contributed by atoms with van der Waals surface area (Å²) in [5, 5.41) is 0. The number of carbonyl (C=O) groups is 1. The number of rotatable bonds is 2. The van der Waals surface area contributed by atoms with Gasteiger partial charge in [0.15, 0.2) is 0 Å². The van der Waals surface area contributed by atoms with E-state index in [4.69, 9.17) is 0 Å². The second kappa shape index (κ2) is 4.82. The molecule has 0 aromatic carbocycles. The van der Waals surface area contributed by atoms with Gasteiger partial charge in [0.25, 0.3) is 6.43 Å². The Morgan fingerprint density at radius 3 is 2.67 bits per heavy atom. The molecule has 15 heavy (non-hydrogen) atoms. The minimum absolute atomic E-state index is 0.0919. The van der Waals surface area contributed by atoms with E-state index in [0.29, 0.717) is 9.13 Å². The van der Waals surface area contributed by atoms with Gasteiger partial charge in [-0.1, -0.05) is 0 Å². The zero-order chi connectivity index (χ0) is 11.6. The average molecular weight is 327 g/mol. The Hall–Kier alpha value is -0.790. The van der Waals surface area contributed by atoms with Crippen molar-refractivity contribution in [1.29, 1.82) is 0 Å². The fraction of sp³-hybridized carbons (Fsp3) is 0.333. The normalized spacial score (nSPS) is 10.5. The molecule has 0 atom stereocenters. The molecule has 0 saturated carbocycles. The van der Waals surface area contributed by atoms with Gasteiger partial charge in [0, 0.05) is 3.57 Å². The number of alkyl halides is 2. The lowest BCUT2D eigenvalue weighted by molar-refractivity contribution is 0.0592. The number of aromatic nitrogens is 1. The van der Waals surface area contributed by atoms with E-state index in [-0.39, 0.29) is 11.4 Å². The Kier molecular flexibility index (Phi) is 3.95. The van der Waals surface area contributed by atoms with Gasteiger partial charge in [-0.2, -0.15) is 0 Å². The van der Waals surface area contributed by atoms with Crippen LogP contribution in [-0.4, -0.2) is 18.1 Å². The number of methoxy groups -OCH3 is 1. The maximum Gasteiger partial charge on any atom is 0.356 e. The third-order valence-electron chi connectivity index (χ3n) is 1.77. The summed E-state index contributed by atoms with van der Waals surface area (Å²) in [5.41, 5.74) is 0.114. The molecule has 0 fully saturated rings. The van der Waals surface area contributed by atoms with Crippen LogP contribution in [0.3, 0.4) is 0 Å². The van der Waals surface area contributed by atoms with Gasteiger partial charge in [0.1, 0.15) is 11.4 Å². The molecule has 1 heterocycles. The average Bonchev–Trinajstić information content (AvgIpc) is 2.20. The van der Waals surface area contributed by atoms with Crippen LogP contribution in [0.2, 0.25) is 0 Å². The predicted octanol–water partition coefficient (Wildman–Crippen LogP) is 2.72. The van der Waals surface area contributed by atoms with E-state index in [2.05, 4.69) is 9.72 Å². The van der Waals surface area contributed by atoms with E-state index in [9.17, 15) is 13.6 Å². The summed E-state index contributed by atoms with van der Waals surface area (Å²) >= 11 is 1.78. The maximum absolute atomic E-state index is 12.5. The molecule has 0 aliphatic rings. The summed E-state index contributed by atoms with van der Waals surface area (Å²) in [5.74, 6) is -0.712. The summed E-state index contributed by atoms with van der Waals surface area (Å²) in [4.78, 5) is 14.7. The molecule has 1 aromatic rings. The van der Waals surface area contributed by atoms with Crippen molar-refractivity contribution in [2.24, 2.45) is 0 Å². The van der Waals surface area contributed by atoms with Crippen molar-refractivity contribution in [2.75, 3.05) is 7.11 Å². The first-order valence-corrected chi connectivity index (χ1v) is 5.08. The first-order valence-electron chi connectivity index (χ1n) is 4.01. The van der Waals surface area contributed by atoms with E-state index >= 15 is 0 Å². The first kappa shape index (κ1) is 12.3. The Morgan fingerprint density at radius 2 is 2.20 bits per heavy atom. The molecule has 1 aromatic heterocycles. The Labute approximate surface area is 99.0 Å².